The summed E-state index contributed by atoms with van der Waals surface area (Å²) in [6, 6.07) is 8.07. The largest absolute Gasteiger partial charge is 0.344 e. The lowest BCUT2D eigenvalue weighted by molar-refractivity contribution is -0.133. The number of benzene rings is 1. The third-order valence-corrected chi connectivity index (χ3v) is 7.47. The van der Waals surface area contributed by atoms with Gasteiger partial charge in [0, 0.05) is 78.3 Å². The normalized spacial score (nSPS) is 29.4. The molecule has 5 nitrogen and oxygen atoms in total. The Kier molecular flexibility index (Phi) is 4.88. The standard InChI is InChI=1S/C23H31ClN4O/c1-14-12-27(13-15(2)25-14)22(29)8-9-28-19-6-4-16(24)10-18(19)23-20-7-5-17(26(20)3)11-21(23)28/h4,6,10,14-15,17,20,25H,5,7-9,11-13H2,1-3H3. The van der Waals surface area contributed by atoms with Gasteiger partial charge in [-0.25, -0.2) is 0 Å². The molecule has 2 fully saturated rings. The Bertz CT molecular complexity index is 944. The van der Waals surface area contributed by atoms with Gasteiger partial charge in [0.25, 0.3) is 0 Å². The number of hydrogen-bond acceptors (Lipinski definition) is 3. The molecule has 1 aromatic heterocycles. The summed E-state index contributed by atoms with van der Waals surface area (Å²) in [5, 5.41) is 5.58. The van der Waals surface area contributed by atoms with Crippen molar-refractivity contribution in [2.24, 2.45) is 0 Å². The van der Waals surface area contributed by atoms with E-state index in [4.69, 9.17) is 11.6 Å². The Balaban J connectivity index is 1.45. The Morgan fingerprint density at radius 1 is 1.21 bits per heavy atom. The molecule has 1 amide bonds. The number of carbonyl (C=O) groups is 1. The van der Waals surface area contributed by atoms with E-state index < -0.39 is 0 Å². The van der Waals surface area contributed by atoms with Crippen molar-refractivity contribution in [1.29, 1.82) is 0 Å². The Morgan fingerprint density at radius 3 is 2.72 bits per heavy atom. The lowest BCUT2D eigenvalue weighted by atomic mass is 9.97. The molecule has 156 valence electrons. The number of likely N-dealkylation sites (N-methyl/N-ethyl adjacent to an activating group) is 1. The molecule has 3 aliphatic rings. The molecule has 5 rings (SSSR count). The van der Waals surface area contributed by atoms with Crippen molar-refractivity contribution in [1.82, 2.24) is 19.7 Å². The molecule has 0 aliphatic carbocycles. The molecular weight excluding hydrogens is 384 g/mol. The van der Waals surface area contributed by atoms with Crippen LogP contribution in [0.3, 0.4) is 0 Å². The summed E-state index contributed by atoms with van der Waals surface area (Å²) >= 11 is 6.37. The number of amides is 1. The maximum atomic E-state index is 13.0. The van der Waals surface area contributed by atoms with Gasteiger partial charge in [-0.3, -0.25) is 9.69 Å². The molecule has 4 heterocycles. The summed E-state index contributed by atoms with van der Waals surface area (Å²) in [6.07, 6.45) is 4.11. The Hall–Kier alpha value is -1.56. The van der Waals surface area contributed by atoms with E-state index in [-0.39, 0.29) is 5.91 Å². The van der Waals surface area contributed by atoms with Crippen molar-refractivity contribution < 1.29 is 4.79 Å². The van der Waals surface area contributed by atoms with Gasteiger partial charge in [0.15, 0.2) is 0 Å². The predicted molar refractivity (Wildman–Crippen MR) is 117 cm³/mol. The number of carbonyl (C=O) groups excluding carboxylic acids is 1. The molecule has 4 unspecified atom stereocenters. The highest BCUT2D eigenvalue weighted by Crippen LogP contribution is 2.47. The first-order valence-corrected chi connectivity index (χ1v) is 11.4. The summed E-state index contributed by atoms with van der Waals surface area (Å²) in [5.74, 6) is 0.269. The first-order chi connectivity index (χ1) is 13.9. The highest BCUT2D eigenvalue weighted by atomic mass is 35.5. The zero-order chi connectivity index (χ0) is 20.3. The molecule has 6 heteroatoms. The molecule has 4 atom stereocenters. The molecule has 2 saturated heterocycles. The molecule has 1 N–H and O–H groups in total. The zero-order valence-electron chi connectivity index (χ0n) is 17.6. The quantitative estimate of drug-likeness (QED) is 0.834. The molecule has 2 bridgehead atoms. The lowest BCUT2D eigenvalue weighted by Gasteiger charge is -2.36. The van der Waals surface area contributed by atoms with Crippen LogP contribution in [0.1, 0.15) is 50.4 Å². The molecule has 0 radical (unpaired) electrons. The number of aryl methyl sites for hydroxylation is 1. The number of nitrogens with one attached hydrogen (secondary N) is 1. The van der Waals surface area contributed by atoms with Crippen LogP contribution in [0.5, 0.6) is 0 Å². The maximum absolute atomic E-state index is 13.0. The Morgan fingerprint density at radius 2 is 1.97 bits per heavy atom. The van der Waals surface area contributed by atoms with Crippen molar-refractivity contribution in [3.05, 3.63) is 34.5 Å². The monoisotopic (exact) mass is 414 g/mol. The first kappa shape index (κ1) is 19.4. The Labute approximate surface area is 178 Å². The van der Waals surface area contributed by atoms with E-state index in [1.807, 2.05) is 11.0 Å². The topological polar surface area (TPSA) is 40.5 Å². The fourth-order valence-corrected chi connectivity index (χ4v) is 6.15. The average Bonchev–Trinajstić information content (AvgIpc) is 3.08. The number of aromatic nitrogens is 1. The molecule has 1 aromatic carbocycles. The van der Waals surface area contributed by atoms with E-state index in [0.29, 0.717) is 30.6 Å². The fourth-order valence-electron chi connectivity index (χ4n) is 5.98. The molecule has 2 aromatic rings. The number of rotatable bonds is 3. The van der Waals surface area contributed by atoms with Gasteiger partial charge in [0.05, 0.1) is 0 Å². The third-order valence-electron chi connectivity index (χ3n) is 7.24. The van der Waals surface area contributed by atoms with E-state index in [9.17, 15) is 4.79 Å². The van der Waals surface area contributed by atoms with Gasteiger partial charge in [-0.1, -0.05) is 11.6 Å². The summed E-state index contributed by atoms with van der Waals surface area (Å²) in [4.78, 5) is 17.6. The predicted octanol–water partition coefficient (Wildman–Crippen LogP) is 3.59. The highest BCUT2D eigenvalue weighted by Gasteiger charge is 2.40. The lowest BCUT2D eigenvalue weighted by Crippen LogP contribution is -2.55. The number of nitrogens with zero attached hydrogens (tertiary/aromatic N) is 3. The van der Waals surface area contributed by atoms with Crippen molar-refractivity contribution in [3.8, 4) is 0 Å². The van der Waals surface area contributed by atoms with Crippen molar-refractivity contribution in [2.75, 3.05) is 20.1 Å². The van der Waals surface area contributed by atoms with Crippen LogP contribution in [0.2, 0.25) is 5.02 Å². The minimum Gasteiger partial charge on any atom is -0.344 e. The van der Waals surface area contributed by atoms with Crippen LogP contribution in [0, 0.1) is 0 Å². The maximum Gasteiger partial charge on any atom is 0.224 e. The molecular formula is C23H31ClN4O. The van der Waals surface area contributed by atoms with Gasteiger partial charge in [0.2, 0.25) is 5.91 Å². The smallest absolute Gasteiger partial charge is 0.224 e. The summed E-state index contributed by atoms with van der Waals surface area (Å²) in [5.41, 5.74) is 4.12. The average molecular weight is 415 g/mol. The van der Waals surface area contributed by atoms with Crippen LogP contribution in [0.4, 0.5) is 0 Å². The fraction of sp³-hybridized carbons (Fsp3) is 0.609. The minimum atomic E-state index is 0.269. The van der Waals surface area contributed by atoms with Gasteiger partial charge in [-0.15, -0.1) is 0 Å². The second-order valence-electron chi connectivity index (χ2n) is 9.31. The van der Waals surface area contributed by atoms with Gasteiger partial charge < -0.3 is 14.8 Å². The highest BCUT2D eigenvalue weighted by molar-refractivity contribution is 6.31. The van der Waals surface area contributed by atoms with Crippen molar-refractivity contribution in [2.45, 2.75) is 70.2 Å². The van der Waals surface area contributed by atoms with Crippen LogP contribution in [-0.2, 0) is 17.8 Å². The number of halogens is 1. The number of piperazine rings is 1. The van der Waals surface area contributed by atoms with Crippen LogP contribution in [0.25, 0.3) is 10.9 Å². The summed E-state index contributed by atoms with van der Waals surface area (Å²) in [7, 11) is 2.26. The van der Waals surface area contributed by atoms with Crippen LogP contribution >= 0.6 is 11.6 Å². The molecule has 0 spiro atoms. The number of hydrogen-bond donors (Lipinski definition) is 1. The van der Waals surface area contributed by atoms with Gasteiger partial charge in [-0.05, 0) is 57.5 Å². The van der Waals surface area contributed by atoms with Crippen LogP contribution in [0.15, 0.2) is 18.2 Å². The van der Waals surface area contributed by atoms with E-state index in [1.165, 1.54) is 35.0 Å². The van der Waals surface area contributed by atoms with Crippen LogP contribution < -0.4 is 5.32 Å². The molecule has 0 saturated carbocycles. The molecule has 3 aliphatic heterocycles. The third kappa shape index (κ3) is 3.28. The second-order valence-corrected chi connectivity index (χ2v) is 9.74. The van der Waals surface area contributed by atoms with Crippen molar-refractivity contribution >= 4 is 28.4 Å². The van der Waals surface area contributed by atoms with E-state index in [1.54, 1.807) is 0 Å². The number of fused-ring (bicyclic) bond motifs is 6. The summed E-state index contributed by atoms with van der Waals surface area (Å²) < 4.78 is 2.42. The molecule has 29 heavy (non-hydrogen) atoms. The van der Waals surface area contributed by atoms with Gasteiger partial charge in [-0.2, -0.15) is 0 Å². The van der Waals surface area contributed by atoms with Crippen LogP contribution in [-0.4, -0.2) is 58.5 Å². The zero-order valence-corrected chi connectivity index (χ0v) is 18.4. The van der Waals surface area contributed by atoms with Gasteiger partial charge in [0.1, 0.15) is 0 Å². The van der Waals surface area contributed by atoms with Gasteiger partial charge >= 0.3 is 0 Å². The summed E-state index contributed by atoms with van der Waals surface area (Å²) in [6.45, 7) is 6.67. The minimum absolute atomic E-state index is 0.269. The SMILES string of the molecule is CC1CN(C(=O)CCn2c3c(c4cc(Cl)ccc42)C2CCC(C3)N2C)CC(C)N1. The van der Waals surface area contributed by atoms with E-state index >= 15 is 0 Å². The van der Waals surface area contributed by atoms with Crippen molar-refractivity contribution in [3.63, 3.8) is 0 Å². The first-order valence-electron chi connectivity index (χ1n) is 11.0. The van der Waals surface area contributed by atoms with E-state index in [0.717, 1.165) is 31.1 Å². The second kappa shape index (κ2) is 7.29. The van der Waals surface area contributed by atoms with E-state index in [2.05, 4.69) is 47.8 Å².